The van der Waals surface area contributed by atoms with E-state index in [-0.39, 0.29) is 0 Å². The van der Waals surface area contributed by atoms with Gasteiger partial charge in [-0.05, 0) is 12.8 Å². The van der Waals surface area contributed by atoms with Crippen molar-refractivity contribution < 1.29 is 0 Å². The van der Waals surface area contributed by atoms with Crippen molar-refractivity contribution in [3.63, 3.8) is 0 Å². The standard InChI is InChI=1S/C12H18ClN3/c1-3-11-14-10(13)8-12(15-11)16(2)9-6-4-5-7-9/h8-9H,3-7H2,1-2H3. The van der Waals surface area contributed by atoms with Crippen LogP contribution >= 0.6 is 11.6 Å². The molecule has 1 heterocycles. The van der Waals surface area contributed by atoms with Gasteiger partial charge in [0.2, 0.25) is 0 Å². The van der Waals surface area contributed by atoms with Crippen molar-refractivity contribution >= 4 is 17.4 Å². The molecule has 0 spiro atoms. The Morgan fingerprint density at radius 2 is 2.06 bits per heavy atom. The van der Waals surface area contributed by atoms with Gasteiger partial charge < -0.3 is 4.90 Å². The van der Waals surface area contributed by atoms with Crippen LogP contribution in [-0.4, -0.2) is 23.1 Å². The van der Waals surface area contributed by atoms with Gasteiger partial charge in [0, 0.05) is 25.6 Å². The first-order valence-corrected chi connectivity index (χ1v) is 6.34. The lowest BCUT2D eigenvalue weighted by molar-refractivity contribution is 0.643. The van der Waals surface area contributed by atoms with Gasteiger partial charge in [-0.1, -0.05) is 31.4 Å². The van der Waals surface area contributed by atoms with Crippen LogP contribution in [-0.2, 0) is 6.42 Å². The quantitative estimate of drug-likeness (QED) is 0.760. The number of aryl methyl sites for hydroxylation is 1. The van der Waals surface area contributed by atoms with Crippen LogP contribution in [0.3, 0.4) is 0 Å². The summed E-state index contributed by atoms with van der Waals surface area (Å²) in [6.45, 7) is 2.05. The molecule has 0 amide bonds. The van der Waals surface area contributed by atoms with Crippen LogP contribution in [0, 0.1) is 0 Å². The van der Waals surface area contributed by atoms with Gasteiger partial charge in [0.15, 0.2) is 0 Å². The summed E-state index contributed by atoms with van der Waals surface area (Å²) in [6.07, 6.45) is 6.01. The summed E-state index contributed by atoms with van der Waals surface area (Å²) < 4.78 is 0. The van der Waals surface area contributed by atoms with Gasteiger partial charge in [0.05, 0.1) is 0 Å². The maximum Gasteiger partial charge on any atom is 0.134 e. The normalized spacial score (nSPS) is 16.7. The van der Waals surface area contributed by atoms with E-state index in [0.717, 1.165) is 18.1 Å². The second-order valence-electron chi connectivity index (χ2n) is 4.37. The predicted molar refractivity (Wildman–Crippen MR) is 67.1 cm³/mol. The molecular weight excluding hydrogens is 222 g/mol. The third-order valence-corrected chi connectivity index (χ3v) is 3.47. The Hall–Kier alpha value is -0.830. The van der Waals surface area contributed by atoms with Crippen LogP contribution in [0.1, 0.15) is 38.4 Å². The molecule has 1 aliphatic carbocycles. The Kier molecular flexibility index (Phi) is 3.64. The molecule has 4 heteroatoms. The molecule has 1 aromatic heterocycles. The van der Waals surface area contributed by atoms with Crippen LogP contribution in [0.5, 0.6) is 0 Å². The molecule has 0 atom stereocenters. The Labute approximate surface area is 102 Å². The lowest BCUT2D eigenvalue weighted by atomic mass is 10.2. The molecule has 1 aromatic rings. The van der Waals surface area contributed by atoms with Crippen molar-refractivity contribution in [2.24, 2.45) is 0 Å². The maximum absolute atomic E-state index is 6.00. The number of anilines is 1. The van der Waals surface area contributed by atoms with Gasteiger partial charge >= 0.3 is 0 Å². The molecule has 88 valence electrons. The molecule has 1 saturated carbocycles. The average molecular weight is 240 g/mol. The summed E-state index contributed by atoms with van der Waals surface area (Å²) >= 11 is 6.00. The van der Waals surface area contributed by atoms with Crippen molar-refractivity contribution in [1.82, 2.24) is 9.97 Å². The Morgan fingerprint density at radius 3 is 2.69 bits per heavy atom. The summed E-state index contributed by atoms with van der Waals surface area (Å²) in [5.41, 5.74) is 0. The first-order chi connectivity index (χ1) is 7.70. The van der Waals surface area contributed by atoms with E-state index in [2.05, 4.69) is 21.9 Å². The molecule has 1 fully saturated rings. The van der Waals surface area contributed by atoms with Gasteiger partial charge in [-0.25, -0.2) is 9.97 Å². The Balaban J connectivity index is 2.21. The zero-order chi connectivity index (χ0) is 11.5. The fourth-order valence-corrected chi connectivity index (χ4v) is 2.46. The highest BCUT2D eigenvalue weighted by Crippen LogP contribution is 2.26. The summed E-state index contributed by atoms with van der Waals surface area (Å²) in [7, 11) is 2.11. The molecule has 0 radical (unpaired) electrons. The van der Waals surface area contributed by atoms with Gasteiger partial charge in [-0.2, -0.15) is 0 Å². The number of hydrogen-bond acceptors (Lipinski definition) is 3. The Bertz CT molecular complexity index is 361. The fourth-order valence-electron chi connectivity index (χ4n) is 2.27. The Morgan fingerprint density at radius 1 is 1.38 bits per heavy atom. The lowest BCUT2D eigenvalue weighted by Gasteiger charge is -2.25. The van der Waals surface area contributed by atoms with Gasteiger partial charge in [-0.3, -0.25) is 0 Å². The van der Waals surface area contributed by atoms with Gasteiger partial charge in [0.1, 0.15) is 16.8 Å². The molecule has 3 nitrogen and oxygen atoms in total. The second-order valence-corrected chi connectivity index (χ2v) is 4.76. The van der Waals surface area contributed by atoms with E-state index < -0.39 is 0 Å². The molecule has 16 heavy (non-hydrogen) atoms. The second kappa shape index (κ2) is 5.00. The number of halogens is 1. The van der Waals surface area contributed by atoms with E-state index >= 15 is 0 Å². The number of aromatic nitrogens is 2. The van der Waals surface area contributed by atoms with E-state index in [0.29, 0.717) is 11.2 Å². The van der Waals surface area contributed by atoms with Gasteiger partial charge in [-0.15, -0.1) is 0 Å². The number of hydrogen-bond donors (Lipinski definition) is 0. The predicted octanol–water partition coefficient (Wildman–Crippen LogP) is 3.07. The lowest BCUT2D eigenvalue weighted by Crippen LogP contribution is -2.29. The molecular formula is C12H18ClN3. The minimum atomic E-state index is 0.548. The number of rotatable bonds is 3. The molecule has 1 aliphatic rings. The van der Waals surface area contributed by atoms with E-state index in [1.165, 1.54) is 25.7 Å². The van der Waals surface area contributed by atoms with Crippen molar-refractivity contribution in [3.8, 4) is 0 Å². The monoisotopic (exact) mass is 239 g/mol. The summed E-state index contributed by atoms with van der Waals surface area (Å²) in [5, 5.41) is 0.548. The zero-order valence-electron chi connectivity index (χ0n) is 9.91. The van der Waals surface area contributed by atoms with E-state index in [1.807, 2.05) is 13.0 Å². The van der Waals surface area contributed by atoms with Crippen LogP contribution in [0.2, 0.25) is 5.15 Å². The maximum atomic E-state index is 6.00. The largest absolute Gasteiger partial charge is 0.357 e. The van der Waals surface area contributed by atoms with Crippen LogP contribution in [0.4, 0.5) is 5.82 Å². The van der Waals surface area contributed by atoms with Crippen molar-refractivity contribution in [1.29, 1.82) is 0 Å². The van der Waals surface area contributed by atoms with Crippen molar-refractivity contribution in [2.45, 2.75) is 45.1 Å². The molecule has 0 N–H and O–H groups in total. The number of nitrogens with zero attached hydrogens (tertiary/aromatic N) is 3. The third kappa shape index (κ3) is 2.46. The summed E-state index contributed by atoms with van der Waals surface area (Å²) in [5.74, 6) is 1.79. The molecule has 0 aromatic carbocycles. The SMILES string of the molecule is CCc1nc(Cl)cc(N(C)C2CCCC2)n1. The topological polar surface area (TPSA) is 29.0 Å². The van der Waals surface area contributed by atoms with E-state index in [1.54, 1.807) is 0 Å². The smallest absolute Gasteiger partial charge is 0.134 e. The van der Waals surface area contributed by atoms with E-state index in [9.17, 15) is 0 Å². The molecule has 0 unspecified atom stereocenters. The minimum Gasteiger partial charge on any atom is -0.357 e. The molecule has 0 bridgehead atoms. The minimum absolute atomic E-state index is 0.548. The summed E-state index contributed by atoms with van der Waals surface area (Å²) in [4.78, 5) is 11.0. The highest BCUT2D eigenvalue weighted by molar-refractivity contribution is 6.29. The molecule has 0 saturated heterocycles. The van der Waals surface area contributed by atoms with Crippen molar-refractivity contribution in [3.05, 3.63) is 17.0 Å². The first-order valence-electron chi connectivity index (χ1n) is 5.97. The average Bonchev–Trinajstić information content (AvgIpc) is 2.80. The van der Waals surface area contributed by atoms with Crippen LogP contribution in [0.25, 0.3) is 0 Å². The molecule has 0 aliphatic heterocycles. The van der Waals surface area contributed by atoms with E-state index in [4.69, 9.17) is 11.6 Å². The first kappa shape index (κ1) is 11.6. The third-order valence-electron chi connectivity index (χ3n) is 3.28. The molecule has 2 rings (SSSR count). The van der Waals surface area contributed by atoms with Crippen LogP contribution < -0.4 is 4.90 Å². The zero-order valence-corrected chi connectivity index (χ0v) is 10.7. The van der Waals surface area contributed by atoms with Gasteiger partial charge in [0.25, 0.3) is 0 Å². The van der Waals surface area contributed by atoms with Crippen LogP contribution in [0.15, 0.2) is 6.07 Å². The van der Waals surface area contributed by atoms with Crippen molar-refractivity contribution in [2.75, 3.05) is 11.9 Å². The summed E-state index contributed by atoms with van der Waals surface area (Å²) in [6, 6.07) is 2.48. The fraction of sp³-hybridized carbons (Fsp3) is 0.667. The highest BCUT2D eigenvalue weighted by atomic mass is 35.5. The highest BCUT2D eigenvalue weighted by Gasteiger charge is 2.21.